The maximum Gasteiger partial charge on any atom is 0.203 e. The van der Waals surface area contributed by atoms with Crippen molar-refractivity contribution in [2.24, 2.45) is 0 Å². The largest absolute Gasteiger partial charge is 0.340 e. The van der Waals surface area contributed by atoms with Crippen LogP contribution >= 0.6 is 31.9 Å². The SMILES string of the molecule is CC(=O)c1c(Nc2ccc(F)c(F)c2F)[nH]c2c(Br)ccc(Br)c2c1=O. The van der Waals surface area contributed by atoms with Gasteiger partial charge in [0.2, 0.25) is 5.43 Å². The minimum Gasteiger partial charge on any atom is -0.340 e. The van der Waals surface area contributed by atoms with E-state index >= 15 is 0 Å². The van der Waals surface area contributed by atoms with Crippen molar-refractivity contribution < 1.29 is 18.0 Å². The van der Waals surface area contributed by atoms with Crippen molar-refractivity contribution in [2.75, 3.05) is 5.32 Å². The molecule has 0 saturated heterocycles. The number of carbonyl (C=O) groups is 1. The van der Waals surface area contributed by atoms with Crippen LogP contribution in [0.25, 0.3) is 10.9 Å². The van der Waals surface area contributed by atoms with Crippen molar-refractivity contribution in [1.82, 2.24) is 4.98 Å². The molecule has 0 saturated carbocycles. The number of Topliss-reactive ketones (excluding diaryl/α,β-unsaturated/α-hetero) is 1. The van der Waals surface area contributed by atoms with Crippen molar-refractivity contribution in [3.05, 3.63) is 66.4 Å². The first-order valence-corrected chi connectivity index (χ1v) is 8.76. The highest BCUT2D eigenvalue weighted by atomic mass is 79.9. The molecule has 26 heavy (non-hydrogen) atoms. The van der Waals surface area contributed by atoms with Gasteiger partial charge in [0, 0.05) is 8.95 Å². The van der Waals surface area contributed by atoms with Crippen LogP contribution in [0.3, 0.4) is 0 Å². The number of aromatic nitrogens is 1. The Labute approximate surface area is 161 Å². The average molecular weight is 490 g/mol. The summed E-state index contributed by atoms with van der Waals surface area (Å²) in [6.45, 7) is 1.18. The molecule has 0 aliphatic rings. The molecule has 1 heterocycles. The molecule has 0 bridgehead atoms. The summed E-state index contributed by atoms with van der Waals surface area (Å²) in [5, 5.41) is 2.70. The van der Waals surface area contributed by atoms with Gasteiger partial charge in [-0.25, -0.2) is 13.2 Å². The van der Waals surface area contributed by atoms with Crippen molar-refractivity contribution in [3.8, 4) is 0 Å². The molecule has 0 amide bonds. The molecule has 3 aromatic rings. The van der Waals surface area contributed by atoms with Gasteiger partial charge in [0.15, 0.2) is 23.2 Å². The van der Waals surface area contributed by atoms with Crippen LogP contribution in [-0.4, -0.2) is 10.8 Å². The molecule has 3 rings (SSSR count). The second-order valence-corrected chi connectivity index (χ2v) is 7.10. The highest BCUT2D eigenvalue weighted by molar-refractivity contribution is 9.11. The number of pyridine rings is 1. The molecule has 0 spiro atoms. The lowest BCUT2D eigenvalue weighted by Crippen LogP contribution is -2.18. The molecule has 1 aromatic heterocycles. The number of benzene rings is 2. The molecule has 0 radical (unpaired) electrons. The summed E-state index contributed by atoms with van der Waals surface area (Å²) in [5.74, 6) is -5.18. The van der Waals surface area contributed by atoms with Gasteiger partial charge in [-0.05, 0) is 63.0 Å². The fourth-order valence-corrected chi connectivity index (χ4v) is 3.45. The lowest BCUT2D eigenvalue weighted by molar-refractivity contribution is 0.101. The Morgan fingerprint density at radius 3 is 2.35 bits per heavy atom. The van der Waals surface area contributed by atoms with E-state index in [0.717, 1.165) is 12.1 Å². The van der Waals surface area contributed by atoms with Crippen LogP contribution in [0.2, 0.25) is 0 Å². The Balaban J connectivity index is 2.31. The second kappa shape index (κ2) is 6.88. The second-order valence-electron chi connectivity index (χ2n) is 5.39. The molecule has 0 atom stereocenters. The monoisotopic (exact) mass is 488 g/mol. The summed E-state index contributed by atoms with van der Waals surface area (Å²) in [6, 6.07) is 5.00. The fraction of sp³-hybridized carbons (Fsp3) is 0.0588. The number of halogens is 5. The third kappa shape index (κ3) is 3.05. The lowest BCUT2D eigenvalue weighted by atomic mass is 10.1. The summed E-state index contributed by atoms with van der Waals surface area (Å²) >= 11 is 6.56. The van der Waals surface area contributed by atoms with Crippen LogP contribution in [0, 0.1) is 17.5 Å². The summed E-state index contributed by atoms with van der Waals surface area (Å²) < 4.78 is 41.5. The van der Waals surface area contributed by atoms with E-state index in [0.29, 0.717) is 14.5 Å². The number of aromatic amines is 1. The first kappa shape index (κ1) is 18.7. The van der Waals surface area contributed by atoms with Gasteiger partial charge >= 0.3 is 0 Å². The molecular formula is C17H9Br2F3N2O2. The smallest absolute Gasteiger partial charge is 0.203 e. The molecule has 0 fully saturated rings. The third-order valence-corrected chi connectivity index (χ3v) is 5.03. The Morgan fingerprint density at radius 1 is 1.04 bits per heavy atom. The van der Waals surface area contributed by atoms with Crippen molar-refractivity contribution in [2.45, 2.75) is 6.92 Å². The first-order chi connectivity index (χ1) is 12.2. The number of carbonyl (C=O) groups excluding carboxylic acids is 1. The standard InChI is InChI=1S/C17H9Br2F3N2O2/c1-6(25)11-16(26)12-7(18)2-3-8(19)15(12)24-17(11)23-10-5-4-9(20)13(21)14(10)22/h2-5H,1H3,(H2,23,24,26). The number of rotatable bonds is 3. The summed E-state index contributed by atoms with van der Waals surface area (Å²) in [7, 11) is 0. The van der Waals surface area contributed by atoms with Crippen LogP contribution in [0.15, 0.2) is 38.0 Å². The normalized spacial score (nSPS) is 11.0. The van der Waals surface area contributed by atoms with E-state index in [1.165, 1.54) is 6.92 Å². The van der Waals surface area contributed by atoms with Gasteiger partial charge in [0.05, 0.1) is 16.6 Å². The highest BCUT2D eigenvalue weighted by Crippen LogP contribution is 2.31. The summed E-state index contributed by atoms with van der Waals surface area (Å²) in [5.41, 5.74) is -0.933. The Morgan fingerprint density at radius 2 is 1.69 bits per heavy atom. The van der Waals surface area contributed by atoms with Gasteiger partial charge in [-0.2, -0.15) is 0 Å². The maximum absolute atomic E-state index is 14.0. The molecule has 2 aromatic carbocycles. The van der Waals surface area contributed by atoms with Gasteiger partial charge < -0.3 is 10.3 Å². The zero-order chi connectivity index (χ0) is 19.2. The molecule has 4 nitrogen and oxygen atoms in total. The van der Waals surface area contributed by atoms with E-state index in [9.17, 15) is 22.8 Å². The topological polar surface area (TPSA) is 62.0 Å². The molecular weight excluding hydrogens is 481 g/mol. The number of nitrogens with one attached hydrogen (secondary N) is 2. The predicted octanol–water partition coefficient (Wildman–Crippen LogP) is 5.42. The van der Waals surface area contributed by atoms with Crippen LogP contribution in [0.4, 0.5) is 24.7 Å². The molecule has 0 aliphatic carbocycles. The Hall–Kier alpha value is -2.13. The quantitative estimate of drug-likeness (QED) is 0.381. The van der Waals surface area contributed by atoms with Crippen LogP contribution in [0.1, 0.15) is 17.3 Å². The maximum atomic E-state index is 14.0. The number of hydrogen-bond acceptors (Lipinski definition) is 3. The van der Waals surface area contributed by atoms with Gasteiger partial charge in [-0.1, -0.05) is 0 Å². The van der Waals surface area contributed by atoms with Crippen LogP contribution in [0.5, 0.6) is 0 Å². The van der Waals surface area contributed by atoms with E-state index in [1.54, 1.807) is 12.1 Å². The fourth-order valence-electron chi connectivity index (χ4n) is 2.51. The van der Waals surface area contributed by atoms with Crippen molar-refractivity contribution in [3.63, 3.8) is 0 Å². The number of hydrogen-bond donors (Lipinski definition) is 2. The van der Waals surface area contributed by atoms with E-state index in [2.05, 4.69) is 42.2 Å². The Bertz CT molecular complexity index is 1130. The lowest BCUT2D eigenvalue weighted by Gasteiger charge is -2.14. The van der Waals surface area contributed by atoms with Gasteiger partial charge in [-0.15, -0.1) is 0 Å². The highest BCUT2D eigenvalue weighted by Gasteiger charge is 2.21. The molecule has 9 heteroatoms. The van der Waals surface area contributed by atoms with Crippen LogP contribution in [-0.2, 0) is 0 Å². The number of ketones is 1. The van der Waals surface area contributed by atoms with Gasteiger partial charge in [0.25, 0.3) is 0 Å². The van der Waals surface area contributed by atoms with Crippen molar-refractivity contribution >= 4 is 60.1 Å². The first-order valence-electron chi connectivity index (χ1n) is 7.17. The van der Waals surface area contributed by atoms with E-state index in [4.69, 9.17) is 0 Å². The summed E-state index contributed by atoms with van der Waals surface area (Å²) in [4.78, 5) is 27.7. The number of fused-ring (bicyclic) bond motifs is 1. The summed E-state index contributed by atoms with van der Waals surface area (Å²) in [6.07, 6.45) is 0. The number of H-pyrrole nitrogens is 1. The minimum atomic E-state index is -1.66. The van der Waals surface area contributed by atoms with E-state index in [-0.39, 0.29) is 16.8 Å². The molecule has 2 N–H and O–H groups in total. The minimum absolute atomic E-state index is 0.126. The predicted molar refractivity (Wildman–Crippen MR) is 99.6 cm³/mol. The zero-order valence-corrected chi connectivity index (χ0v) is 16.2. The third-order valence-electron chi connectivity index (χ3n) is 3.70. The van der Waals surface area contributed by atoms with Gasteiger partial charge in [-0.3, -0.25) is 9.59 Å². The average Bonchev–Trinajstić information content (AvgIpc) is 2.58. The Kier molecular flexibility index (Phi) is 4.94. The zero-order valence-electron chi connectivity index (χ0n) is 13.0. The molecule has 134 valence electrons. The number of anilines is 2. The molecule has 0 unspecified atom stereocenters. The van der Waals surface area contributed by atoms with Crippen molar-refractivity contribution in [1.29, 1.82) is 0 Å². The van der Waals surface area contributed by atoms with E-state index in [1.807, 2.05) is 0 Å². The van der Waals surface area contributed by atoms with Gasteiger partial charge in [0.1, 0.15) is 11.4 Å². The van der Waals surface area contributed by atoms with Crippen LogP contribution < -0.4 is 10.7 Å². The molecule has 0 aliphatic heterocycles. The van der Waals surface area contributed by atoms with E-state index < -0.39 is 34.4 Å².